The van der Waals surface area contributed by atoms with Crippen molar-refractivity contribution in [3.05, 3.63) is 58.6 Å². The normalized spacial score (nSPS) is 11.8. The zero-order valence-electron chi connectivity index (χ0n) is 16.4. The summed E-state index contributed by atoms with van der Waals surface area (Å²) in [6.45, 7) is 3.46. The lowest BCUT2D eigenvalue weighted by Gasteiger charge is -2.15. The summed E-state index contributed by atoms with van der Waals surface area (Å²) in [6, 6.07) is 12.3. The third-order valence-electron chi connectivity index (χ3n) is 4.40. The number of hydrogen-bond donors (Lipinski definition) is 1. The van der Waals surface area contributed by atoms with Gasteiger partial charge >= 0.3 is 11.7 Å². The summed E-state index contributed by atoms with van der Waals surface area (Å²) in [5.41, 5.74) is 2.49. The molecule has 3 aromatic rings. The average Bonchev–Trinajstić information content (AvgIpc) is 3.01. The molecule has 8 heteroatoms. The van der Waals surface area contributed by atoms with Crippen molar-refractivity contribution >= 4 is 28.7 Å². The number of esters is 1. The van der Waals surface area contributed by atoms with Crippen molar-refractivity contribution in [3.63, 3.8) is 0 Å². The van der Waals surface area contributed by atoms with Gasteiger partial charge in [-0.1, -0.05) is 18.2 Å². The largest absolute Gasteiger partial charge is 0.495 e. The molecule has 1 heterocycles. The Morgan fingerprint density at radius 2 is 1.97 bits per heavy atom. The highest BCUT2D eigenvalue weighted by atomic mass is 16.5. The summed E-state index contributed by atoms with van der Waals surface area (Å²) in [5, 5.41) is 2.70. The van der Waals surface area contributed by atoms with Gasteiger partial charge in [0.1, 0.15) is 5.75 Å². The monoisotopic (exact) mass is 398 g/mol. The van der Waals surface area contributed by atoms with Gasteiger partial charge in [-0.25, -0.2) is 4.79 Å². The maximum Gasteiger partial charge on any atom is 0.419 e. The van der Waals surface area contributed by atoms with Crippen LogP contribution in [0.2, 0.25) is 0 Å². The lowest BCUT2D eigenvalue weighted by atomic mass is 10.2. The fourth-order valence-electron chi connectivity index (χ4n) is 2.89. The second-order valence-electron chi connectivity index (χ2n) is 6.56. The van der Waals surface area contributed by atoms with E-state index in [0.717, 1.165) is 5.56 Å². The molecular weight excluding hydrogens is 376 g/mol. The molecule has 0 aliphatic rings. The van der Waals surface area contributed by atoms with Crippen LogP contribution in [0.5, 0.6) is 5.75 Å². The van der Waals surface area contributed by atoms with Crippen molar-refractivity contribution in [2.24, 2.45) is 0 Å². The van der Waals surface area contributed by atoms with Gasteiger partial charge in [0.15, 0.2) is 11.7 Å². The molecule has 0 aliphatic carbocycles. The Hall–Kier alpha value is -3.55. The van der Waals surface area contributed by atoms with Crippen molar-refractivity contribution in [2.45, 2.75) is 32.9 Å². The van der Waals surface area contributed by atoms with E-state index in [4.69, 9.17) is 13.9 Å². The van der Waals surface area contributed by atoms with Gasteiger partial charge in [-0.15, -0.1) is 0 Å². The average molecular weight is 398 g/mol. The van der Waals surface area contributed by atoms with Crippen LogP contribution in [0, 0.1) is 6.92 Å². The predicted octanol–water partition coefficient (Wildman–Crippen LogP) is 2.87. The molecule has 0 spiro atoms. The summed E-state index contributed by atoms with van der Waals surface area (Å²) in [7, 11) is 1.51. The zero-order chi connectivity index (χ0) is 21.0. The first kappa shape index (κ1) is 20.2. The third-order valence-corrected chi connectivity index (χ3v) is 4.40. The standard InChI is InChI=1S/C21H22N2O6/c1-13-8-9-17(27-3)15(12-13)22-20(25)14(2)28-19(24)10-11-23-16-6-4-5-7-18(16)29-21(23)26/h4-9,12,14H,10-11H2,1-3H3,(H,22,25)/t14-/m0/s1. The molecule has 0 aliphatic heterocycles. The molecule has 0 radical (unpaired) electrons. The van der Waals surface area contributed by atoms with Crippen LogP contribution in [0.4, 0.5) is 5.69 Å². The number of benzene rings is 2. The van der Waals surface area contributed by atoms with E-state index in [1.54, 1.807) is 36.4 Å². The molecule has 3 rings (SSSR count). The van der Waals surface area contributed by atoms with E-state index in [0.29, 0.717) is 22.5 Å². The number of aryl methyl sites for hydroxylation is 2. The smallest absolute Gasteiger partial charge is 0.419 e. The first-order valence-corrected chi connectivity index (χ1v) is 9.12. The number of fused-ring (bicyclic) bond motifs is 1. The lowest BCUT2D eigenvalue weighted by Crippen LogP contribution is -2.30. The number of rotatable bonds is 7. The Balaban J connectivity index is 1.59. The van der Waals surface area contributed by atoms with Gasteiger partial charge in [0, 0.05) is 6.54 Å². The number of ether oxygens (including phenoxy) is 2. The van der Waals surface area contributed by atoms with Crippen LogP contribution >= 0.6 is 0 Å². The molecule has 1 atom stereocenters. The second-order valence-corrected chi connectivity index (χ2v) is 6.56. The minimum Gasteiger partial charge on any atom is -0.495 e. The first-order valence-electron chi connectivity index (χ1n) is 9.12. The maximum absolute atomic E-state index is 12.4. The summed E-state index contributed by atoms with van der Waals surface area (Å²) in [5.74, 6) is -1.11. The van der Waals surface area contributed by atoms with E-state index in [1.807, 2.05) is 13.0 Å². The minimum atomic E-state index is -1.01. The van der Waals surface area contributed by atoms with Crippen LogP contribution < -0.4 is 15.8 Å². The summed E-state index contributed by atoms with van der Waals surface area (Å²) in [4.78, 5) is 36.5. The lowest BCUT2D eigenvalue weighted by molar-refractivity contribution is -0.153. The van der Waals surface area contributed by atoms with Gasteiger partial charge in [0.05, 0.1) is 24.7 Å². The number of hydrogen-bond acceptors (Lipinski definition) is 6. The van der Waals surface area contributed by atoms with E-state index in [9.17, 15) is 14.4 Å². The number of carbonyl (C=O) groups is 2. The number of oxazole rings is 1. The van der Waals surface area contributed by atoms with Gasteiger partial charge in [0.2, 0.25) is 0 Å². The van der Waals surface area contributed by atoms with Gasteiger partial charge in [-0.05, 0) is 43.7 Å². The minimum absolute atomic E-state index is 0.0746. The fourth-order valence-corrected chi connectivity index (χ4v) is 2.89. The van der Waals surface area contributed by atoms with Gasteiger partial charge in [0.25, 0.3) is 5.91 Å². The van der Waals surface area contributed by atoms with E-state index >= 15 is 0 Å². The van der Waals surface area contributed by atoms with Crippen LogP contribution in [0.3, 0.4) is 0 Å². The number of nitrogens with one attached hydrogen (secondary N) is 1. The van der Waals surface area contributed by atoms with Crippen LogP contribution in [-0.2, 0) is 20.9 Å². The molecule has 0 fully saturated rings. The Bertz CT molecular complexity index is 1100. The number of carbonyl (C=O) groups excluding carboxylic acids is 2. The Kier molecular flexibility index (Phi) is 6.01. The number of nitrogens with zero attached hydrogens (tertiary/aromatic N) is 1. The van der Waals surface area contributed by atoms with Crippen LogP contribution in [0.1, 0.15) is 18.9 Å². The van der Waals surface area contributed by atoms with Crippen molar-refractivity contribution in [2.75, 3.05) is 12.4 Å². The SMILES string of the molecule is COc1ccc(C)cc1NC(=O)[C@H](C)OC(=O)CCn1c(=O)oc2ccccc21. The van der Waals surface area contributed by atoms with Crippen molar-refractivity contribution in [3.8, 4) is 5.75 Å². The molecule has 1 aromatic heterocycles. The predicted molar refractivity (Wildman–Crippen MR) is 107 cm³/mol. The van der Waals surface area contributed by atoms with Crippen molar-refractivity contribution in [1.82, 2.24) is 4.57 Å². The molecule has 29 heavy (non-hydrogen) atoms. The van der Waals surface area contributed by atoms with Gasteiger partial charge in [-0.3, -0.25) is 14.2 Å². The number of methoxy groups -OCH3 is 1. The van der Waals surface area contributed by atoms with Gasteiger partial charge < -0.3 is 19.2 Å². The Morgan fingerprint density at radius 3 is 2.72 bits per heavy atom. The highest BCUT2D eigenvalue weighted by molar-refractivity contribution is 5.96. The topological polar surface area (TPSA) is 99.8 Å². The molecule has 8 nitrogen and oxygen atoms in total. The summed E-state index contributed by atoms with van der Waals surface area (Å²) in [6.07, 6.45) is -1.08. The van der Waals surface area contributed by atoms with E-state index < -0.39 is 23.7 Å². The summed E-state index contributed by atoms with van der Waals surface area (Å²) >= 11 is 0. The fraction of sp³-hybridized carbons (Fsp3) is 0.286. The molecule has 0 saturated carbocycles. The Morgan fingerprint density at radius 1 is 1.21 bits per heavy atom. The molecule has 152 valence electrons. The number of anilines is 1. The third kappa shape index (κ3) is 4.66. The quantitative estimate of drug-likeness (QED) is 0.615. The second kappa shape index (κ2) is 8.64. The zero-order valence-corrected chi connectivity index (χ0v) is 16.4. The maximum atomic E-state index is 12.4. The Labute approximate surface area is 167 Å². The number of amides is 1. The molecule has 1 amide bonds. The highest BCUT2D eigenvalue weighted by Crippen LogP contribution is 2.25. The molecule has 1 N–H and O–H groups in total. The molecule has 0 bridgehead atoms. The van der Waals surface area contributed by atoms with Crippen LogP contribution in [0.25, 0.3) is 11.1 Å². The van der Waals surface area contributed by atoms with Crippen LogP contribution in [-0.4, -0.2) is 29.7 Å². The highest BCUT2D eigenvalue weighted by Gasteiger charge is 2.20. The number of aromatic nitrogens is 1. The van der Waals surface area contributed by atoms with E-state index in [-0.39, 0.29) is 13.0 Å². The van der Waals surface area contributed by atoms with Gasteiger partial charge in [-0.2, -0.15) is 0 Å². The van der Waals surface area contributed by atoms with Crippen LogP contribution in [0.15, 0.2) is 51.7 Å². The van der Waals surface area contributed by atoms with E-state index in [2.05, 4.69) is 5.32 Å². The molecule has 0 saturated heterocycles. The summed E-state index contributed by atoms with van der Waals surface area (Å²) < 4.78 is 16.9. The first-order chi connectivity index (χ1) is 13.9. The van der Waals surface area contributed by atoms with E-state index in [1.165, 1.54) is 18.6 Å². The molecular formula is C21H22N2O6. The van der Waals surface area contributed by atoms with Crippen molar-refractivity contribution in [1.29, 1.82) is 0 Å². The molecule has 2 aromatic carbocycles. The molecule has 0 unspecified atom stereocenters. The number of para-hydroxylation sites is 2. The van der Waals surface area contributed by atoms with Crippen molar-refractivity contribution < 1.29 is 23.5 Å².